The van der Waals surface area contributed by atoms with E-state index in [1.807, 2.05) is 23.1 Å². The van der Waals surface area contributed by atoms with Gasteiger partial charge in [0.05, 0.1) is 0 Å². The van der Waals surface area contributed by atoms with Gasteiger partial charge >= 0.3 is 0 Å². The Labute approximate surface area is 116 Å². The van der Waals surface area contributed by atoms with E-state index < -0.39 is 0 Å². The number of rotatable bonds is 7. The average molecular weight is 262 g/mol. The van der Waals surface area contributed by atoms with Crippen molar-refractivity contribution < 1.29 is 4.79 Å². The molecular formula is C16H26N2O. The normalized spacial score (nSPS) is 12.5. The maximum Gasteiger partial charge on any atom is 0.223 e. The summed E-state index contributed by atoms with van der Waals surface area (Å²) >= 11 is 0. The first-order valence-electron chi connectivity index (χ1n) is 7.11. The van der Waals surface area contributed by atoms with E-state index in [9.17, 15) is 4.79 Å². The number of amides is 1. The molecule has 0 aromatic heterocycles. The summed E-state index contributed by atoms with van der Waals surface area (Å²) in [7, 11) is 0. The Hall–Kier alpha value is -1.35. The lowest BCUT2D eigenvalue weighted by atomic mass is 10.0. The topological polar surface area (TPSA) is 46.3 Å². The Morgan fingerprint density at radius 3 is 2.37 bits per heavy atom. The Bertz CT molecular complexity index is 372. The smallest absolute Gasteiger partial charge is 0.223 e. The Kier molecular flexibility index (Phi) is 6.57. The van der Waals surface area contributed by atoms with Crippen molar-refractivity contribution in [2.45, 2.75) is 46.2 Å². The molecule has 0 heterocycles. The van der Waals surface area contributed by atoms with Crippen LogP contribution in [0.1, 0.15) is 39.2 Å². The van der Waals surface area contributed by atoms with Gasteiger partial charge in [-0.3, -0.25) is 4.79 Å². The first-order valence-corrected chi connectivity index (χ1v) is 7.11. The van der Waals surface area contributed by atoms with Gasteiger partial charge in [-0.05, 0) is 31.9 Å². The number of carbonyl (C=O) groups is 1. The highest BCUT2D eigenvalue weighted by Crippen LogP contribution is 2.14. The predicted octanol–water partition coefficient (Wildman–Crippen LogP) is 2.80. The van der Waals surface area contributed by atoms with Gasteiger partial charge in [-0.25, -0.2) is 0 Å². The van der Waals surface area contributed by atoms with Crippen molar-refractivity contribution in [2.75, 3.05) is 6.54 Å². The zero-order valence-corrected chi connectivity index (χ0v) is 12.3. The van der Waals surface area contributed by atoms with Crippen LogP contribution in [0.15, 0.2) is 30.3 Å². The second kappa shape index (κ2) is 7.95. The second-order valence-corrected chi connectivity index (χ2v) is 5.32. The molecule has 0 aliphatic carbocycles. The first-order chi connectivity index (χ1) is 9.08. The zero-order chi connectivity index (χ0) is 14.3. The zero-order valence-electron chi connectivity index (χ0n) is 12.3. The van der Waals surface area contributed by atoms with Crippen molar-refractivity contribution >= 4 is 5.91 Å². The SMILES string of the molecule is CCC(CN)CC(=O)N(Cc1ccccc1)C(C)C. The molecule has 1 rings (SSSR count). The van der Waals surface area contributed by atoms with Crippen LogP contribution in [0.25, 0.3) is 0 Å². The largest absolute Gasteiger partial charge is 0.336 e. The van der Waals surface area contributed by atoms with Gasteiger partial charge in [-0.15, -0.1) is 0 Å². The predicted molar refractivity (Wildman–Crippen MR) is 79.6 cm³/mol. The fraction of sp³-hybridized carbons (Fsp3) is 0.562. The maximum atomic E-state index is 12.4. The van der Waals surface area contributed by atoms with Crippen molar-refractivity contribution in [3.05, 3.63) is 35.9 Å². The lowest BCUT2D eigenvalue weighted by Crippen LogP contribution is -2.38. The summed E-state index contributed by atoms with van der Waals surface area (Å²) in [6, 6.07) is 10.3. The lowest BCUT2D eigenvalue weighted by molar-refractivity contribution is -0.134. The molecule has 0 spiro atoms. The van der Waals surface area contributed by atoms with E-state index in [2.05, 4.69) is 32.9 Å². The number of hydrogen-bond acceptors (Lipinski definition) is 2. The number of hydrogen-bond donors (Lipinski definition) is 1. The van der Waals surface area contributed by atoms with Crippen LogP contribution >= 0.6 is 0 Å². The summed E-state index contributed by atoms with van der Waals surface area (Å²) in [5.74, 6) is 0.501. The van der Waals surface area contributed by atoms with Crippen LogP contribution in [-0.2, 0) is 11.3 Å². The molecule has 0 fully saturated rings. The minimum atomic E-state index is 0.205. The maximum absolute atomic E-state index is 12.4. The number of benzene rings is 1. The van der Waals surface area contributed by atoms with E-state index >= 15 is 0 Å². The third-order valence-electron chi connectivity index (χ3n) is 3.51. The fourth-order valence-corrected chi connectivity index (χ4v) is 2.10. The van der Waals surface area contributed by atoms with E-state index in [4.69, 9.17) is 5.73 Å². The van der Waals surface area contributed by atoms with Gasteiger partial charge in [0.25, 0.3) is 0 Å². The van der Waals surface area contributed by atoms with Crippen LogP contribution in [0.4, 0.5) is 0 Å². The van der Waals surface area contributed by atoms with Crippen molar-refractivity contribution in [2.24, 2.45) is 11.7 Å². The molecule has 2 N–H and O–H groups in total. The lowest BCUT2D eigenvalue weighted by Gasteiger charge is -2.28. The van der Waals surface area contributed by atoms with Crippen molar-refractivity contribution in [1.82, 2.24) is 4.90 Å². The fourth-order valence-electron chi connectivity index (χ4n) is 2.10. The summed E-state index contributed by atoms with van der Waals surface area (Å²) < 4.78 is 0. The van der Waals surface area contributed by atoms with E-state index in [1.165, 1.54) is 5.56 Å². The Balaban J connectivity index is 2.69. The van der Waals surface area contributed by atoms with E-state index in [1.54, 1.807) is 0 Å². The van der Waals surface area contributed by atoms with Crippen LogP contribution in [0, 0.1) is 5.92 Å². The summed E-state index contributed by atoms with van der Waals surface area (Å²) in [6.45, 7) is 7.47. The molecule has 3 heteroatoms. The van der Waals surface area contributed by atoms with E-state index in [-0.39, 0.29) is 11.9 Å². The highest BCUT2D eigenvalue weighted by Gasteiger charge is 2.20. The van der Waals surface area contributed by atoms with Crippen LogP contribution in [0.3, 0.4) is 0 Å². The highest BCUT2D eigenvalue weighted by atomic mass is 16.2. The molecular weight excluding hydrogens is 236 g/mol. The summed E-state index contributed by atoms with van der Waals surface area (Å²) in [6.07, 6.45) is 1.51. The van der Waals surface area contributed by atoms with Gasteiger partial charge in [0, 0.05) is 19.0 Å². The minimum Gasteiger partial charge on any atom is -0.336 e. The summed E-state index contributed by atoms with van der Waals surface area (Å²) in [5.41, 5.74) is 6.86. The van der Waals surface area contributed by atoms with Gasteiger partial charge < -0.3 is 10.6 Å². The summed E-state index contributed by atoms with van der Waals surface area (Å²) in [5, 5.41) is 0. The van der Waals surface area contributed by atoms with Gasteiger partial charge in [0.2, 0.25) is 5.91 Å². The van der Waals surface area contributed by atoms with Crippen LogP contribution in [0.2, 0.25) is 0 Å². The second-order valence-electron chi connectivity index (χ2n) is 5.32. The number of nitrogens with two attached hydrogens (primary N) is 1. The van der Waals surface area contributed by atoms with Crippen LogP contribution < -0.4 is 5.73 Å². The number of nitrogens with zero attached hydrogens (tertiary/aromatic N) is 1. The minimum absolute atomic E-state index is 0.205. The average Bonchev–Trinajstić information content (AvgIpc) is 2.42. The van der Waals surface area contributed by atoms with Crippen molar-refractivity contribution in [3.63, 3.8) is 0 Å². The van der Waals surface area contributed by atoms with Crippen molar-refractivity contribution in [1.29, 1.82) is 0 Å². The standard InChI is InChI=1S/C16H26N2O/c1-4-14(11-17)10-16(19)18(13(2)3)12-15-8-6-5-7-9-15/h5-9,13-14H,4,10-12,17H2,1-3H3. The molecule has 0 saturated heterocycles. The molecule has 1 aromatic rings. The molecule has 1 amide bonds. The molecule has 19 heavy (non-hydrogen) atoms. The molecule has 0 saturated carbocycles. The Morgan fingerprint density at radius 2 is 1.89 bits per heavy atom. The van der Waals surface area contributed by atoms with E-state index in [0.717, 1.165) is 6.42 Å². The summed E-state index contributed by atoms with van der Waals surface area (Å²) in [4.78, 5) is 14.3. The molecule has 0 radical (unpaired) electrons. The van der Waals surface area contributed by atoms with Gasteiger partial charge in [-0.2, -0.15) is 0 Å². The molecule has 106 valence electrons. The quantitative estimate of drug-likeness (QED) is 0.821. The van der Waals surface area contributed by atoms with Crippen LogP contribution in [-0.4, -0.2) is 23.4 Å². The van der Waals surface area contributed by atoms with Gasteiger partial charge in [0.15, 0.2) is 0 Å². The molecule has 1 aromatic carbocycles. The monoisotopic (exact) mass is 262 g/mol. The van der Waals surface area contributed by atoms with E-state index in [0.29, 0.717) is 25.4 Å². The molecule has 0 aliphatic heterocycles. The molecule has 0 bridgehead atoms. The molecule has 3 nitrogen and oxygen atoms in total. The third-order valence-corrected chi connectivity index (χ3v) is 3.51. The number of carbonyl (C=O) groups excluding carboxylic acids is 1. The van der Waals surface area contributed by atoms with Gasteiger partial charge in [0.1, 0.15) is 0 Å². The third kappa shape index (κ3) is 5.03. The van der Waals surface area contributed by atoms with Crippen molar-refractivity contribution in [3.8, 4) is 0 Å². The molecule has 0 aliphatic rings. The first kappa shape index (κ1) is 15.7. The van der Waals surface area contributed by atoms with Gasteiger partial charge in [-0.1, -0.05) is 43.7 Å². The molecule has 1 unspecified atom stereocenters. The van der Waals surface area contributed by atoms with Crippen LogP contribution in [0.5, 0.6) is 0 Å². The molecule has 1 atom stereocenters. The highest BCUT2D eigenvalue weighted by molar-refractivity contribution is 5.76. The Morgan fingerprint density at radius 1 is 1.26 bits per heavy atom.